The SMILES string of the molecule is C=NC=N/C(=C\C)c1ccc(C(C)NC(=O)N(C)C2CCN(C)CC2)c(Cl)c1Cl. The van der Waals surface area contributed by atoms with Gasteiger partial charge in [-0.05, 0) is 59.1 Å². The van der Waals surface area contributed by atoms with Gasteiger partial charge in [0.2, 0.25) is 0 Å². The molecule has 1 unspecified atom stereocenters. The van der Waals surface area contributed by atoms with E-state index in [0.717, 1.165) is 31.5 Å². The van der Waals surface area contributed by atoms with Gasteiger partial charge >= 0.3 is 6.03 Å². The molecule has 29 heavy (non-hydrogen) atoms. The molecule has 1 atom stereocenters. The number of rotatable bonds is 6. The van der Waals surface area contributed by atoms with E-state index < -0.39 is 0 Å². The fraction of sp³-hybridized carbons (Fsp3) is 0.476. The summed E-state index contributed by atoms with van der Waals surface area (Å²) < 4.78 is 0. The third-order valence-electron chi connectivity index (χ3n) is 5.30. The van der Waals surface area contributed by atoms with Crippen LogP contribution in [0.2, 0.25) is 10.0 Å². The standard InChI is InChI=1S/C21H29Cl2N5O/c1-6-18(25-13-24-3)17-8-7-16(19(22)20(17)23)14(2)26-21(29)28(5)15-9-11-27(4)12-10-15/h6-8,13-15H,3,9-12H2,1-2,4-5H3,(H,26,29)/b18-6-,25-13?. The van der Waals surface area contributed by atoms with Gasteiger partial charge in [0.1, 0.15) is 6.34 Å². The molecule has 1 heterocycles. The number of allylic oxidation sites excluding steroid dienone is 1. The van der Waals surface area contributed by atoms with E-state index >= 15 is 0 Å². The molecule has 1 fully saturated rings. The van der Waals surface area contributed by atoms with Crippen LogP contribution in [0.15, 0.2) is 28.2 Å². The van der Waals surface area contributed by atoms with Crippen molar-refractivity contribution >= 4 is 48.0 Å². The molecule has 1 aromatic carbocycles. The van der Waals surface area contributed by atoms with Crippen molar-refractivity contribution in [2.75, 3.05) is 27.2 Å². The maximum atomic E-state index is 12.7. The van der Waals surface area contributed by atoms with E-state index in [1.165, 1.54) is 6.34 Å². The number of amides is 2. The van der Waals surface area contributed by atoms with Gasteiger partial charge in [0.05, 0.1) is 21.8 Å². The summed E-state index contributed by atoms with van der Waals surface area (Å²) in [6, 6.07) is 3.56. The zero-order valence-electron chi connectivity index (χ0n) is 17.5. The average Bonchev–Trinajstić information content (AvgIpc) is 2.71. The molecule has 0 aromatic heterocycles. The molecule has 158 valence electrons. The molecule has 0 bridgehead atoms. The lowest BCUT2D eigenvalue weighted by Gasteiger charge is -2.35. The van der Waals surface area contributed by atoms with E-state index in [-0.39, 0.29) is 18.1 Å². The molecule has 1 N–H and O–H groups in total. The summed E-state index contributed by atoms with van der Waals surface area (Å²) in [5.41, 5.74) is 2.10. The number of hydrogen-bond donors (Lipinski definition) is 1. The van der Waals surface area contributed by atoms with E-state index in [1.54, 1.807) is 4.90 Å². The molecule has 8 heteroatoms. The lowest BCUT2D eigenvalue weighted by Crippen LogP contribution is -2.48. The summed E-state index contributed by atoms with van der Waals surface area (Å²) in [7, 11) is 3.95. The van der Waals surface area contributed by atoms with E-state index in [1.807, 2.05) is 39.1 Å². The normalized spacial score (nSPS) is 17.4. The second kappa shape index (κ2) is 10.8. The summed E-state index contributed by atoms with van der Waals surface area (Å²) in [5, 5.41) is 3.83. The second-order valence-corrected chi connectivity index (χ2v) is 8.00. The Hall–Kier alpha value is -1.89. The Kier molecular flexibility index (Phi) is 8.68. The molecule has 0 spiro atoms. The summed E-state index contributed by atoms with van der Waals surface area (Å²) in [4.78, 5) is 24.6. The largest absolute Gasteiger partial charge is 0.331 e. The van der Waals surface area contributed by atoms with Crippen molar-refractivity contribution in [3.63, 3.8) is 0 Å². The van der Waals surface area contributed by atoms with Gasteiger partial charge in [0, 0.05) is 18.7 Å². The number of nitrogens with zero attached hydrogens (tertiary/aromatic N) is 4. The lowest BCUT2D eigenvalue weighted by molar-refractivity contribution is 0.146. The van der Waals surface area contributed by atoms with Crippen LogP contribution in [0.5, 0.6) is 0 Å². The Labute approximate surface area is 183 Å². The first-order valence-electron chi connectivity index (χ1n) is 9.64. The number of carbonyl (C=O) groups is 1. The molecule has 2 rings (SSSR count). The highest BCUT2D eigenvalue weighted by Gasteiger charge is 2.25. The lowest BCUT2D eigenvalue weighted by atomic mass is 10.0. The predicted molar refractivity (Wildman–Crippen MR) is 123 cm³/mol. The van der Waals surface area contributed by atoms with Crippen LogP contribution in [0.25, 0.3) is 5.70 Å². The van der Waals surface area contributed by atoms with Gasteiger partial charge in [0.25, 0.3) is 0 Å². The van der Waals surface area contributed by atoms with Crippen LogP contribution < -0.4 is 5.32 Å². The number of nitrogens with one attached hydrogen (secondary N) is 1. The van der Waals surface area contributed by atoms with Gasteiger partial charge in [0.15, 0.2) is 0 Å². The predicted octanol–water partition coefficient (Wildman–Crippen LogP) is 4.88. The molecule has 0 saturated carbocycles. The smallest absolute Gasteiger partial charge is 0.317 e. The summed E-state index contributed by atoms with van der Waals surface area (Å²) in [5.74, 6) is 0. The van der Waals surface area contributed by atoms with Crippen molar-refractivity contribution in [1.82, 2.24) is 15.1 Å². The highest BCUT2D eigenvalue weighted by molar-refractivity contribution is 6.43. The van der Waals surface area contributed by atoms with Crippen molar-refractivity contribution < 1.29 is 4.79 Å². The molecular formula is C21H29Cl2N5O. The average molecular weight is 438 g/mol. The van der Waals surface area contributed by atoms with Gasteiger partial charge in [-0.3, -0.25) is 4.99 Å². The van der Waals surface area contributed by atoms with E-state index in [2.05, 4.69) is 34.0 Å². The third kappa shape index (κ3) is 5.81. The van der Waals surface area contributed by atoms with E-state index in [9.17, 15) is 4.79 Å². The summed E-state index contributed by atoms with van der Waals surface area (Å²) in [6.45, 7) is 9.13. The van der Waals surface area contributed by atoms with E-state index in [0.29, 0.717) is 21.3 Å². The minimum absolute atomic E-state index is 0.112. The van der Waals surface area contributed by atoms with Gasteiger partial charge in [-0.2, -0.15) is 0 Å². The van der Waals surface area contributed by atoms with Crippen LogP contribution >= 0.6 is 23.2 Å². The summed E-state index contributed by atoms with van der Waals surface area (Å²) >= 11 is 13.0. The van der Waals surface area contributed by atoms with Crippen molar-refractivity contribution in [2.45, 2.75) is 38.8 Å². The van der Waals surface area contributed by atoms with E-state index in [4.69, 9.17) is 23.2 Å². The number of likely N-dealkylation sites (tertiary alicyclic amines) is 1. The second-order valence-electron chi connectivity index (χ2n) is 7.25. The Bertz CT molecular complexity index is 801. The molecule has 0 aliphatic carbocycles. The number of halogens is 2. The van der Waals surface area contributed by atoms with Crippen molar-refractivity contribution in [2.24, 2.45) is 9.98 Å². The summed E-state index contributed by atoms with van der Waals surface area (Å²) in [6.07, 6.45) is 5.13. The van der Waals surface area contributed by atoms with Crippen LogP contribution in [0.3, 0.4) is 0 Å². The highest BCUT2D eigenvalue weighted by atomic mass is 35.5. The number of carbonyl (C=O) groups excluding carboxylic acids is 1. The topological polar surface area (TPSA) is 60.3 Å². The van der Waals surface area contributed by atoms with Crippen molar-refractivity contribution in [1.29, 1.82) is 0 Å². The number of benzene rings is 1. The first kappa shape index (κ1) is 23.4. The van der Waals surface area contributed by atoms with Gasteiger partial charge < -0.3 is 15.1 Å². The van der Waals surface area contributed by atoms with Crippen molar-refractivity contribution in [3.8, 4) is 0 Å². The maximum absolute atomic E-state index is 12.7. The fourth-order valence-electron chi connectivity index (χ4n) is 3.41. The first-order chi connectivity index (χ1) is 13.8. The van der Waals surface area contributed by atoms with Crippen LogP contribution in [-0.4, -0.2) is 62.1 Å². The molecule has 1 aromatic rings. The Morgan fingerprint density at radius 3 is 2.59 bits per heavy atom. The fourth-order valence-corrected chi connectivity index (χ4v) is 4.01. The van der Waals surface area contributed by atoms with Gasteiger partial charge in [-0.1, -0.05) is 41.4 Å². The Morgan fingerprint density at radius 1 is 1.34 bits per heavy atom. The number of hydrogen-bond acceptors (Lipinski definition) is 3. The molecule has 0 radical (unpaired) electrons. The monoisotopic (exact) mass is 437 g/mol. The zero-order chi connectivity index (χ0) is 21.6. The minimum atomic E-state index is -0.289. The molecule has 1 saturated heterocycles. The first-order valence-corrected chi connectivity index (χ1v) is 10.4. The molecule has 1 aliphatic heterocycles. The number of urea groups is 1. The van der Waals surface area contributed by atoms with Gasteiger partial charge in [-0.25, -0.2) is 9.79 Å². The molecule has 6 nitrogen and oxygen atoms in total. The van der Waals surface area contributed by atoms with Gasteiger partial charge in [-0.15, -0.1) is 0 Å². The zero-order valence-corrected chi connectivity index (χ0v) is 19.0. The van der Waals surface area contributed by atoms with Crippen LogP contribution in [0.4, 0.5) is 4.79 Å². The third-order valence-corrected chi connectivity index (χ3v) is 6.20. The Balaban J connectivity index is 2.13. The number of piperidine rings is 1. The Morgan fingerprint density at radius 2 is 2.00 bits per heavy atom. The molecule has 2 amide bonds. The van der Waals surface area contributed by atoms with Crippen LogP contribution in [0.1, 0.15) is 43.9 Å². The number of aliphatic imine (C=N–C) groups is 2. The molecule has 1 aliphatic rings. The quantitative estimate of drug-likeness (QED) is 0.508. The maximum Gasteiger partial charge on any atom is 0.317 e. The van der Waals surface area contributed by atoms with Crippen LogP contribution in [-0.2, 0) is 0 Å². The molecular weight excluding hydrogens is 409 g/mol. The minimum Gasteiger partial charge on any atom is -0.331 e. The van der Waals surface area contributed by atoms with Crippen LogP contribution in [0, 0.1) is 0 Å². The van der Waals surface area contributed by atoms with Crippen molar-refractivity contribution in [3.05, 3.63) is 39.4 Å². The highest BCUT2D eigenvalue weighted by Crippen LogP contribution is 2.36.